The maximum absolute atomic E-state index is 14.6. The first-order valence-corrected chi connectivity index (χ1v) is 24.6. The van der Waals surface area contributed by atoms with Crippen LogP contribution in [0.15, 0.2) is 42.5 Å². The van der Waals surface area contributed by atoms with Crippen LogP contribution >= 0.6 is 15.9 Å². The van der Waals surface area contributed by atoms with Gasteiger partial charge in [0.2, 0.25) is 35.4 Å². The minimum absolute atomic E-state index is 0.0721. The van der Waals surface area contributed by atoms with E-state index in [0.29, 0.717) is 62.5 Å². The molecule has 1 fully saturated rings. The van der Waals surface area contributed by atoms with Gasteiger partial charge >= 0.3 is 5.97 Å². The maximum atomic E-state index is 14.6. The standard InChI is InChI=1S/C49H79BrN6O10/c1-13-32(6)43(55(10)48(62)41(30(2)3)53-47(61)42(31(4)5)54(9)39(57)24-18-15-19-25-51-45(59)33(7)29-50)38(65-11)28-40(58)56-26-20-23-37(56)44(66-12)34(8)46(60)52-36(49(63)64)27-35-21-16-14-17-22-35/h14,16-17,21-22,30-32,34,36-38,41-44H,7,13,15,18-20,23-29H2,1-6,8-12H3,(H,51,59)(H,52,60)(H,53,61)(H,63,64)/t32-,34+,36-,37-,38+,41-,42-,43-,44+/m0/s1. The second-order valence-corrected chi connectivity index (χ2v) is 19.0. The highest BCUT2D eigenvalue weighted by Gasteiger charge is 2.44. The highest BCUT2D eigenvalue weighted by molar-refractivity contribution is 9.09. The first kappa shape index (κ1) is 57.8. The smallest absolute Gasteiger partial charge is 0.326 e. The zero-order valence-corrected chi connectivity index (χ0v) is 42.9. The topological polar surface area (TPSA) is 204 Å². The Bertz CT molecular complexity index is 1760. The Morgan fingerprint density at radius 3 is 2.09 bits per heavy atom. The molecular weight excluding hydrogens is 912 g/mol. The van der Waals surface area contributed by atoms with Crippen LogP contribution in [0, 0.1) is 23.7 Å². The van der Waals surface area contributed by atoms with Gasteiger partial charge in [0, 0.05) is 65.1 Å². The summed E-state index contributed by atoms with van der Waals surface area (Å²) in [5.74, 6) is -4.61. The molecule has 0 saturated carbocycles. The lowest BCUT2D eigenvalue weighted by Gasteiger charge is -2.41. The molecule has 1 aliphatic rings. The van der Waals surface area contributed by atoms with E-state index in [1.165, 1.54) is 19.1 Å². The minimum atomic E-state index is -1.16. The zero-order chi connectivity index (χ0) is 49.8. The van der Waals surface area contributed by atoms with E-state index in [9.17, 15) is 38.7 Å². The second-order valence-electron chi connectivity index (χ2n) is 18.4. The van der Waals surface area contributed by atoms with E-state index in [1.54, 1.807) is 55.1 Å². The molecule has 372 valence electrons. The Morgan fingerprint density at radius 2 is 1.55 bits per heavy atom. The SMILES string of the molecule is C=C(CBr)C(=O)NCCCCCC(=O)N(C)[C@H](C(=O)N[C@H](C(=O)N(C)[C@@H]([C@@H](C)CC)[C@@H](CC(=O)N1CCC[C@H]1[C@H](OC)[C@@H](C)C(=O)N[C@@H](Cc1ccccc1)C(=O)O)OC)C(C)C)C(C)C. The maximum Gasteiger partial charge on any atom is 0.326 e. The van der Waals surface area contributed by atoms with Crippen molar-refractivity contribution < 1.29 is 48.1 Å². The quantitative estimate of drug-likeness (QED) is 0.0482. The van der Waals surface area contributed by atoms with Gasteiger partial charge in [-0.15, -0.1) is 0 Å². The zero-order valence-electron chi connectivity index (χ0n) is 41.3. The van der Waals surface area contributed by atoms with Crippen molar-refractivity contribution in [2.75, 3.05) is 46.7 Å². The lowest BCUT2D eigenvalue weighted by molar-refractivity contribution is -0.149. The Kier molecular flexibility index (Phi) is 25.2. The first-order chi connectivity index (χ1) is 31.2. The van der Waals surface area contributed by atoms with Gasteiger partial charge in [0.1, 0.15) is 18.1 Å². The van der Waals surface area contributed by atoms with Crippen LogP contribution in [0.25, 0.3) is 0 Å². The summed E-state index contributed by atoms with van der Waals surface area (Å²) in [6.45, 7) is 17.6. The number of methoxy groups -OCH3 is 2. The number of amides is 6. The number of benzene rings is 1. The molecule has 0 spiro atoms. The van der Waals surface area contributed by atoms with E-state index in [-0.39, 0.29) is 60.6 Å². The molecule has 0 bridgehead atoms. The van der Waals surface area contributed by atoms with Crippen LogP contribution in [-0.2, 0) is 49.5 Å². The highest BCUT2D eigenvalue weighted by Crippen LogP contribution is 2.30. The summed E-state index contributed by atoms with van der Waals surface area (Å²) in [5.41, 5.74) is 1.21. The number of aliphatic carboxylic acids is 1. The molecule has 1 aromatic carbocycles. The van der Waals surface area contributed by atoms with Crippen LogP contribution in [0.5, 0.6) is 0 Å². The van der Waals surface area contributed by atoms with E-state index in [4.69, 9.17) is 9.47 Å². The van der Waals surface area contributed by atoms with Crippen LogP contribution in [0.4, 0.5) is 0 Å². The van der Waals surface area contributed by atoms with Gasteiger partial charge in [0.15, 0.2) is 0 Å². The van der Waals surface area contributed by atoms with E-state index in [1.807, 2.05) is 47.6 Å². The third-order valence-electron chi connectivity index (χ3n) is 12.9. The average Bonchev–Trinajstić information content (AvgIpc) is 3.77. The predicted molar refractivity (Wildman–Crippen MR) is 258 cm³/mol. The van der Waals surface area contributed by atoms with E-state index >= 15 is 0 Å². The van der Waals surface area contributed by atoms with Crippen molar-refractivity contribution in [2.24, 2.45) is 23.7 Å². The number of carboxylic acid groups (broad SMARTS) is 1. The molecule has 2 rings (SSSR count). The van der Waals surface area contributed by atoms with Crippen molar-refractivity contribution in [3.63, 3.8) is 0 Å². The first-order valence-electron chi connectivity index (χ1n) is 23.4. The Balaban J connectivity index is 2.20. The Hall–Kier alpha value is -4.35. The minimum Gasteiger partial charge on any atom is -0.480 e. The van der Waals surface area contributed by atoms with Crippen molar-refractivity contribution in [2.45, 2.75) is 149 Å². The lowest BCUT2D eigenvalue weighted by atomic mass is 9.89. The van der Waals surface area contributed by atoms with Crippen molar-refractivity contribution in [3.8, 4) is 0 Å². The largest absolute Gasteiger partial charge is 0.480 e. The van der Waals surface area contributed by atoms with E-state index in [0.717, 1.165) is 5.56 Å². The Morgan fingerprint density at radius 1 is 0.894 bits per heavy atom. The summed E-state index contributed by atoms with van der Waals surface area (Å²) in [4.78, 5) is 98.8. The lowest BCUT2D eigenvalue weighted by Crippen LogP contribution is -2.60. The third kappa shape index (κ3) is 16.8. The van der Waals surface area contributed by atoms with Crippen LogP contribution in [-0.4, -0.2) is 150 Å². The highest BCUT2D eigenvalue weighted by atomic mass is 79.9. The number of alkyl halides is 1. The molecule has 0 radical (unpaired) electrons. The number of hydrogen-bond donors (Lipinski definition) is 4. The van der Waals surface area contributed by atoms with Gasteiger partial charge < -0.3 is 45.2 Å². The Labute approximate surface area is 401 Å². The number of ether oxygens (including phenoxy) is 2. The summed E-state index contributed by atoms with van der Waals surface area (Å²) in [5, 5.41) is 18.8. The van der Waals surface area contributed by atoms with Gasteiger partial charge in [0.05, 0.1) is 36.6 Å². The molecular formula is C49H79BrN6O10. The number of likely N-dealkylation sites (tertiary alicyclic amines) is 1. The number of likely N-dealkylation sites (N-methyl/N-ethyl adjacent to an activating group) is 2. The summed E-state index contributed by atoms with van der Waals surface area (Å²) in [6, 6.07) is 5.06. The van der Waals surface area contributed by atoms with Gasteiger partial charge in [-0.05, 0) is 49.0 Å². The van der Waals surface area contributed by atoms with Crippen LogP contribution < -0.4 is 16.0 Å². The fourth-order valence-corrected chi connectivity index (χ4v) is 9.11. The molecule has 1 saturated heterocycles. The van der Waals surface area contributed by atoms with E-state index in [2.05, 4.69) is 38.5 Å². The van der Waals surface area contributed by atoms with Crippen molar-refractivity contribution in [1.82, 2.24) is 30.7 Å². The molecule has 0 aromatic heterocycles. The predicted octanol–water partition coefficient (Wildman–Crippen LogP) is 4.97. The van der Waals surface area contributed by atoms with Gasteiger partial charge in [-0.3, -0.25) is 28.8 Å². The van der Waals surface area contributed by atoms with E-state index < -0.39 is 66.1 Å². The molecule has 66 heavy (non-hydrogen) atoms. The van der Waals surface area contributed by atoms with Crippen molar-refractivity contribution >= 4 is 57.3 Å². The molecule has 9 atom stereocenters. The molecule has 0 unspecified atom stereocenters. The monoisotopic (exact) mass is 991 g/mol. The van der Waals surface area contributed by atoms with Gasteiger partial charge in [0.25, 0.3) is 0 Å². The number of carbonyl (C=O) groups excluding carboxylic acids is 6. The van der Waals surface area contributed by atoms with Crippen LogP contribution in [0.1, 0.15) is 105 Å². The van der Waals surface area contributed by atoms with Gasteiger partial charge in [-0.25, -0.2) is 4.79 Å². The molecule has 6 amide bonds. The fourth-order valence-electron chi connectivity index (χ4n) is 8.85. The van der Waals surface area contributed by atoms with Gasteiger partial charge in [-0.1, -0.05) is 114 Å². The number of unbranched alkanes of at least 4 members (excludes halogenated alkanes) is 2. The number of halogens is 1. The third-order valence-corrected chi connectivity index (χ3v) is 13.6. The number of hydrogen-bond acceptors (Lipinski definition) is 9. The molecule has 1 aromatic rings. The second kappa shape index (κ2) is 28.7. The summed E-state index contributed by atoms with van der Waals surface area (Å²) in [6.07, 6.45) is 2.67. The number of nitrogens with zero attached hydrogens (tertiary/aromatic N) is 3. The summed E-state index contributed by atoms with van der Waals surface area (Å²) >= 11 is 3.22. The number of carboxylic acids is 1. The summed E-state index contributed by atoms with van der Waals surface area (Å²) < 4.78 is 11.9. The average molecular weight is 992 g/mol. The molecule has 0 aliphatic carbocycles. The molecule has 16 nitrogen and oxygen atoms in total. The fraction of sp³-hybridized carbons (Fsp3) is 0.694. The van der Waals surface area contributed by atoms with Crippen molar-refractivity contribution in [1.29, 1.82) is 0 Å². The molecule has 1 heterocycles. The number of rotatable bonds is 29. The van der Waals surface area contributed by atoms with Crippen LogP contribution in [0.3, 0.4) is 0 Å². The molecule has 17 heteroatoms. The number of nitrogens with one attached hydrogen (secondary N) is 3. The molecule has 1 aliphatic heterocycles. The van der Waals surface area contributed by atoms with Crippen LogP contribution in [0.2, 0.25) is 0 Å². The van der Waals surface area contributed by atoms with Crippen molar-refractivity contribution in [3.05, 3.63) is 48.0 Å². The molecule has 4 N–H and O–H groups in total. The summed E-state index contributed by atoms with van der Waals surface area (Å²) in [7, 11) is 6.26. The number of carbonyl (C=O) groups is 7. The van der Waals surface area contributed by atoms with Gasteiger partial charge in [-0.2, -0.15) is 0 Å². The normalized spacial score (nSPS) is 17.4.